The summed E-state index contributed by atoms with van der Waals surface area (Å²) in [6.45, 7) is 2.30. The Labute approximate surface area is 250 Å². The second kappa shape index (κ2) is 11.3. The Morgan fingerprint density at radius 3 is 2.33 bits per heavy atom. The maximum Gasteiger partial charge on any atom is 0.343 e. The van der Waals surface area contributed by atoms with Crippen molar-refractivity contribution in [3.8, 4) is 11.5 Å². The van der Waals surface area contributed by atoms with Crippen LogP contribution in [-0.2, 0) is 4.79 Å². The molecule has 1 heterocycles. The molecule has 0 fully saturated rings. The molecule has 0 aromatic heterocycles. The molecule has 2 aliphatic rings. The fourth-order valence-electron chi connectivity index (χ4n) is 6.49. The van der Waals surface area contributed by atoms with E-state index < -0.39 is 5.97 Å². The first-order chi connectivity index (χ1) is 21.1. The summed E-state index contributed by atoms with van der Waals surface area (Å²) >= 11 is 0. The number of Topliss-reactive ketones (excluding diaryl/α,β-unsaturated/α-hetero) is 1. The van der Waals surface area contributed by atoms with Gasteiger partial charge in [0.2, 0.25) is 0 Å². The van der Waals surface area contributed by atoms with Gasteiger partial charge in [-0.25, -0.2) is 4.79 Å². The van der Waals surface area contributed by atoms with E-state index in [4.69, 9.17) is 9.47 Å². The number of ether oxygens (including phenoxy) is 2. The van der Waals surface area contributed by atoms with Gasteiger partial charge < -0.3 is 14.8 Å². The maximum atomic E-state index is 14.1. The van der Waals surface area contributed by atoms with Gasteiger partial charge in [-0.1, -0.05) is 84.9 Å². The molecule has 5 heteroatoms. The molecule has 1 aliphatic carbocycles. The number of hydrogen-bond acceptors (Lipinski definition) is 5. The Kier molecular flexibility index (Phi) is 6.99. The Morgan fingerprint density at radius 2 is 1.53 bits per heavy atom. The fraction of sp³-hybridized carbons (Fsp3) is 0.158. The molecule has 0 bridgehead atoms. The number of benzene rings is 5. The molecular formula is C38H31NO4. The van der Waals surface area contributed by atoms with E-state index in [2.05, 4.69) is 41.7 Å². The molecule has 0 saturated heterocycles. The van der Waals surface area contributed by atoms with Crippen molar-refractivity contribution >= 4 is 28.2 Å². The van der Waals surface area contributed by atoms with Gasteiger partial charge in [-0.15, -0.1) is 0 Å². The predicted octanol–water partition coefficient (Wildman–Crippen LogP) is 8.42. The summed E-state index contributed by atoms with van der Waals surface area (Å²) in [6.07, 6.45) is 1.20. The molecule has 5 aromatic carbocycles. The third-order valence-corrected chi connectivity index (χ3v) is 8.43. The largest absolute Gasteiger partial charge is 0.490 e. The highest BCUT2D eigenvalue weighted by molar-refractivity contribution is 6.04. The highest BCUT2D eigenvalue weighted by Gasteiger charge is 2.39. The van der Waals surface area contributed by atoms with Gasteiger partial charge >= 0.3 is 5.97 Å². The first-order valence-corrected chi connectivity index (χ1v) is 14.7. The molecule has 0 unspecified atom stereocenters. The van der Waals surface area contributed by atoms with Gasteiger partial charge in [0.25, 0.3) is 0 Å². The molecule has 2 atom stereocenters. The Balaban J connectivity index is 1.35. The summed E-state index contributed by atoms with van der Waals surface area (Å²) in [7, 11) is 0. The third kappa shape index (κ3) is 4.97. The first-order valence-electron chi connectivity index (χ1n) is 14.7. The van der Waals surface area contributed by atoms with Crippen molar-refractivity contribution in [2.24, 2.45) is 0 Å². The highest BCUT2D eigenvalue weighted by Crippen LogP contribution is 2.51. The molecule has 0 spiro atoms. The Hall–Kier alpha value is -5.16. The smallest absolute Gasteiger partial charge is 0.343 e. The number of fused-ring (bicyclic) bond motifs is 3. The van der Waals surface area contributed by atoms with E-state index in [-0.39, 0.29) is 17.6 Å². The number of ketones is 1. The Morgan fingerprint density at radius 1 is 0.791 bits per heavy atom. The fourth-order valence-corrected chi connectivity index (χ4v) is 6.49. The van der Waals surface area contributed by atoms with Crippen molar-refractivity contribution in [3.05, 3.63) is 149 Å². The molecule has 7 rings (SSSR count). The van der Waals surface area contributed by atoms with E-state index in [1.807, 2.05) is 55.5 Å². The van der Waals surface area contributed by atoms with Crippen molar-refractivity contribution in [2.45, 2.75) is 31.6 Å². The topological polar surface area (TPSA) is 64.6 Å². The average molecular weight is 566 g/mol. The zero-order chi connectivity index (χ0) is 29.3. The minimum absolute atomic E-state index is 0.112. The van der Waals surface area contributed by atoms with Crippen LogP contribution in [0, 0.1) is 0 Å². The standard InChI is InChI=1S/C38H31NO4/c1-2-42-34-23-27(18-20-33(34)43-38(41)26-14-7-4-8-15-26)35-36-29-16-10-9-13-25(29)17-19-30(36)39-31-21-28(22-32(40)37(31)35)24-11-5-3-6-12-24/h3-20,23,28,35,39H,2,21-22H2,1H3/t28-,35+/m0/s1. The van der Waals surface area contributed by atoms with E-state index in [1.54, 1.807) is 30.3 Å². The van der Waals surface area contributed by atoms with Crippen molar-refractivity contribution in [1.29, 1.82) is 0 Å². The normalized spacial score (nSPS) is 17.6. The van der Waals surface area contributed by atoms with Crippen molar-refractivity contribution in [1.82, 2.24) is 0 Å². The van der Waals surface area contributed by atoms with Crippen LogP contribution < -0.4 is 14.8 Å². The van der Waals surface area contributed by atoms with Gasteiger partial charge in [-0.05, 0) is 77.1 Å². The van der Waals surface area contributed by atoms with Crippen LogP contribution in [0.5, 0.6) is 11.5 Å². The summed E-state index contributed by atoms with van der Waals surface area (Å²) in [5.41, 5.74) is 6.39. The number of rotatable bonds is 6. The van der Waals surface area contributed by atoms with Gasteiger partial charge in [-0.3, -0.25) is 4.79 Å². The van der Waals surface area contributed by atoms with E-state index >= 15 is 0 Å². The van der Waals surface area contributed by atoms with E-state index in [9.17, 15) is 9.59 Å². The molecule has 212 valence electrons. The predicted molar refractivity (Wildman–Crippen MR) is 169 cm³/mol. The van der Waals surface area contributed by atoms with Crippen LogP contribution in [0.2, 0.25) is 0 Å². The van der Waals surface area contributed by atoms with Crippen LogP contribution in [0.3, 0.4) is 0 Å². The van der Waals surface area contributed by atoms with Crippen LogP contribution in [0.1, 0.15) is 58.6 Å². The molecule has 5 nitrogen and oxygen atoms in total. The molecule has 5 aromatic rings. The zero-order valence-corrected chi connectivity index (χ0v) is 23.9. The molecule has 1 aliphatic heterocycles. The summed E-state index contributed by atoms with van der Waals surface area (Å²) in [6, 6.07) is 37.4. The number of nitrogens with one attached hydrogen (secondary N) is 1. The monoisotopic (exact) mass is 565 g/mol. The lowest BCUT2D eigenvalue weighted by atomic mass is 9.71. The summed E-state index contributed by atoms with van der Waals surface area (Å²) < 4.78 is 11.8. The Bertz CT molecular complexity index is 1880. The quantitative estimate of drug-likeness (QED) is 0.165. The average Bonchev–Trinajstić information content (AvgIpc) is 3.05. The van der Waals surface area contributed by atoms with Crippen molar-refractivity contribution < 1.29 is 19.1 Å². The van der Waals surface area contributed by atoms with Crippen molar-refractivity contribution in [2.75, 3.05) is 11.9 Å². The van der Waals surface area contributed by atoms with Gasteiger partial charge in [0.15, 0.2) is 17.3 Å². The lowest BCUT2D eigenvalue weighted by Crippen LogP contribution is -2.30. The number of allylic oxidation sites excluding steroid dienone is 2. The molecular weight excluding hydrogens is 534 g/mol. The second-order valence-electron chi connectivity index (χ2n) is 11.0. The summed E-state index contributed by atoms with van der Waals surface area (Å²) in [5.74, 6) is 0.314. The minimum atomic E-state index is -0.452. The number of carbonyl (C=O) groups excluding carboxylic acids is 2. The number of hydrogen-bond donors (Lipinski definition) is 1. The van der Waals surface area contributed by atoms with Crippen LogP contribution >= 0.6 is 0 Å². The number of carbonyl (C=O) groups is 2. The van der Waals surface area contributed by atoms with Crippen LogP contribution in [-0.4, -0.2) is 18.4 Å². The zero-order valence-electron chi connectivity index (χ0n) is 23.9. The molecule has 43 heavy (non-hydrogen) atoms. The second-order valence-corrected chi connectivity index (χ2v) is 11.0. The van der Waals surface area contributed by atoms with Gasteiger partial charge in [0.05, 0.1) is 12.2 Å². The minimum Gasteiger partial charge on any atom is -0.490 e. The van der Waals surface area contributed by atoms with E-state index in [1.165, 1.54) is 5.56 Å². The maximum absolute atomic E-state index is 14.1. The molecule has 0 radical (unpaired) electrons. The van der Waals surface area contributed by atoms with Crippen LogP contribution in [0.4, 0.5) is 5.69 Å². The highest BCUT2D eigenvalue weighted by atomic mass is 16.6. The van der Waals surface area contributed by atoms with Gasteiger partial charge in [0.1, 0.15) is 0 Å². The van der Waals surface area contributed by atoms with Crippen LogP contribution in [0.15, 0.2) is 127 Å². The number of esters is 1. The molecule has 0 amide bonds. The lowest BCUT2D eigenvalue weighted by Gasteiger charge is -2.37. The lowest BCUT2D eigenvalue weighted by molar-refractivity contribution is -0.116. The third-order valence-electron chi connectivity index (χ3n) is 8.43. The van der Waals surface area contributed by atoms with Gasteiger partial charge in [0, 0.05) is 29.3 Å². The van der Waals surface area contributed by atoms with Crippen molar-refractivity contribution in [3.63, 3.8) is 0 Å². The SMILES string of the molecule is CCOc1cc([C@H]2C3=C(C[C@H](c4ccccc4)CC3=O)Nc3ccc4ccccc4c32)ccc1OC(=O)c1ccccc1. The number of anilines is 1. The molecule has 1 N–H and O–H groups in total. The van der Waals surface area contributed by atoms with Crippen LogP contribution in [0.25, 0.3) is 10.8 Å². The van der Waals surface area contributed by atoms with E-state index in [0.717, 1.165) is 45.3 Å². The summed E-state index contributed by atoms with van der Waals surface area (Å²) in [4.78, 5) is 27.0. The van der Waals surface area contributed by atoms with Gasteiger partial charge in [-0.2, -0.15) is 0 Å². The summed E-state index contributed by atoms with van der Waals surface area (Å²) in [5, 5.41) is 5.88. The molecule has 0 saturated carbocycles. The van der Waals surface area contributed by atoms with E-state index in [0.29, 0.717) is 30.1 Å². The first kappa shape index (κ1) is 26.7.